The minimum atomic E-state index is -0.652. The maximum atomic E-state index is 12.9. The molecular formula is C17H18FNO2. The molecule has 1 heterocycles. The Bertz CT molecular complexity index is 600. The lowest BCUT2D eigenvalue weighted by Gasteiger charge is -2.27. The number of fused-ring (bicyclic) bond motifs is 1. The Morgan fingerprint density at radius 3 is 2.76 bits per heavy atom. The fourth-order valence-electron chi connectivity index (χ4n) is 2.61. The quantitative estimate of drug-likeness (QED) is 0.908. The minimum Gasteiger partial charge on any atom is -0.493 e. The number of hydrogen-bond donors (Lipinski definition) is 2. The van der Waals surface area contributed by atoms with Gasteiger partial charge in [-0.15, -0.1) is 0 Å². The summed E-state index contributed by atoms with van der Waals surface area (Å²) in [6.45, 7) is 1.09. The van der Waals surface area contributed by atoms with Gasteiger partial charge in [-0.1, -0.05) is 30.3 Å². The Kier molecular flexibility index (Phi) is 4.18. The molecule has 3 rings (SSSR count). The maximum absolute atomic E-state index is 12.9. The number of aliphatic hydroxyl groups is 1. The van der Waals surface area contributed by atoms with E-state index in [2.05, 4.69) is 5.32 Å². The molecule has 110 valence electrons. The van der Waals surface area contributed by atoms with Gasteiger partial charge in [0.25, 0.3) is 0 Å². The molecule has 21 heavy (non-hydrogen) atoms. The third-order valence-corrected chi connectivity index (χ3v) is 3.77. The smallest absolute Gasteiger partial charge is 0.124 e. The number of benzene rings is 2. The summed E-state index contributed by atoms with van der Waals surface area (Å²) in [5, 5.41) is 13.5. The molecule has 0 aromatic heterocycles. The van der Waals surface area contributed by atoms with Gasteiger partial charge < -0.3 is 15.2 Å². The van der Waals surface area contributed by atoms with Crippen LogP contribution in [0.25, 0.3) is 0 Å². The van der Waals surface area contributed by atoms with Crippen molar-refractivity contribution in [2.75, 3.05) is 13.2 Å². The van der Waals surface area contributed by atoms with E-state index in [1.165, 1.54) is 12.1 Å². The van der Waals surface area contributed by atoms with Crippen LogP contribution >= 0.6 is 0 Å². The Morgan fingerprint density at radius 1 is 1.19 bits per heavy atom. The maximum Gasteiger partial charge on any atom is 0.124 e. The van der Waals surface area contributed by atoms with Crippen LogP contribution in [0.4, 0.5) is 4.39 Å². The van der Waals surface area contributed by atoms with Gasteiger partial charge in [0, 0.05) is 24.6 Å². The largest absolute Gasteiger partial charge is 0.493 e. The second-order valence-electron chi connectivity index (χ2n) is 5.20. The molecule has 0 aliphatic carbocycles. The van der Waals surface area contributed by atoms with E-state index in [4.69, 9.17) is 4.74 Å². The van der Waals surface area contributed by atoms with Gasteiger partial charge in [-0.05, 0) is 23.8 Å². The number of rotatable bonds is 4. The van der Waals surface area contributed by atoms with Crippen LogP contribution in [0.1, 0.15) is 29.7 Å². The Hall–Kier alpha value is -1.91. The number of aliphatic hydroxyl groups excluding tert-OH is 1. The van der Waals surface area contributed by atoms with Crippen LogP contribution in [-0.2, 0) is 0 Å². The molecule has 2 N–H and O–H groups in total. The number of para-hydroxylation sites is 1. The predicted molar refractivity (Wildman–Crippen MR) is 78.7 cm³/mol. The lowest BCUT2D eigenvalue weighted by atomic mass is 10.00. The van der Waals surface area contributed by atoms with E-state index >= 15 is 0 Å². The average molecular weight is 287 g/mol. The second-order valence-corrected chi connectivity index (χ2v) is 5.20. The first-order valence-electron chi connectivity index (χ1n) is 7.12. The standard InChI is InChI=1S/C17H18FNO2/c18-13-7-5-12(6-8-13)16(20)11-19-15-9-10-21-17-4-2-1-3-14(15)17/h1-8,15-16,19-20H,9-11H2. The molecule has 0 spiro atoms. The van der Waals surface area contributed by atoms with Gasteiger partial charge in [-0.25, -0.2) is 4.39 Å². The van der Waals surface area contributed by atoms with Crippen LogP contribution in [0, 0.1) is 5.82 Å². The van der Waals surface area contributed by atoms with Crippen LogP contribution in [0.3, 0.4) is 0 Å². The van der Waals surface area contributed by atoms with Crippen molar-refractivity contribution in [2.45, 2.75) is 18.6 Å². The van der Waals surface area contributed by atoms with E-state index in [0.29, 0.717) is 18.7 Å². The summed E-state index contributed by atoms with van der Waals surface area (Å²) >= 11 is 0. The molecule has 1 aliphatic heterocycles. The van der Waals surface area contributed by atoms with Crippen LogP contribution < -0.4 is 10.1 Å². The number of ether oxygens (including phenoxy) is 1. The third-order valence-electron chi connectivity index (χ3n) is 3.77. The van der Waals surface area contributed by atoms with Crippen LogP contribution in [-0.4, -0.2) is 18.3 Å². The first-order valence-corrected chi connectivity index (χ1v) is 7.12. The molecule has 0 bridgehead atoms. The van der Waals surface area contributed by atoms with Crippen molar-refractivity contribution >= 4 is 0 Å². The Labute approximate surface area is 123 Å². The van der Waals surface area contributed by atoms with E-state index in [9.17, 15) is 9.50 Å². The van der Waals surface area contributed by atoms with Crippen LogP contribution in [0.5, 0.6) is 5.75 Å². The first-order chi connectivity index (χ1) is 10.2. The zero-order valence-electron chi connectivity index (χ0n) is 11.6. The highest BCUT2D eigenvalue weighted by atomic mass is 19.1. The summed E-state index contributed by atoms with van der Waals surface area (Å²) in [7, 11) is 0. The van der Waals surface area contributed by atoms with Crippen molar-refractivity contribution in [3.05, 3.63) is 65.5 Å². The van der Waals surface area contributed by atoms with E-state index in [1.807, 2.05) is 24.3 Å². The molecule has 2 aromatic carbocycles. The van der Waals surface area contributed by atoms with E-state index in [0.717, 1.165) is 17.7 Å². The summed E-state index contributed by atoms with van der Waals surface area (Å²) in [6, 6.07) is 14.1. The van der Waals surface area contributed by atoms with Crippen molar-refractivity contribution in [1.29, 1.82) is 0 Å². The number of halogens is 1. The minimum absolute atomic E-state index is 0.171. The molecule has 0 amide bonds. The molecule has 3 nitrogen and oxygen atoms in total. The number of hydrogen-bond acceptors (Lipinski definition) is 3. The van der Waals surface area contributed by atoms with Crippen LogP contribution in [0.2, 0.25) is 0 Å². The highest BCUT2D eigenvalue weighted by molar-refractivity contribution is 5.37. The molecule has 4 heteroatoms. The fourth-order valence-corrected chi connectivity index (χ4v) is 2.61. The fraction of sp³-hybridized carbons (Fsp3) is 0.294. The van der Waals surface area contributed by atoms with E-state index in [-0.39, 0.29) is 11.9 Å². The normalized spacial score (nSPS) is 18.7. The lowest BCUT2D eigenvalue weighted by Crippen LogP contribution is -2.30. The van der Waals surface area contributed by atoms with Gasteiger partial charge in [-0.3, -0.25) is 0 Å². The van der Waals surface area contributed by atoms with E-state index in [1.54, 1.807) is 12.1 Å². The molecule has 2 unspecified atom stereocenters. The lowest BCUT2D eigenvalue weighted by molar-refractivity contribution is 0.162. The van der Waals surface area contributed by atoms with E-state index < -0.39 is 6.10 Å². The summed E-state index contributed by atoms with van der Waals surface area (Å²) < 4.78 is 18.5. The first kappa shape index (κ1) is 14.0. The van der Waals surface area contributed by atoms with Gasteiger partial charge in [0.15, 0.2) is 0 Å². The second kappa shape index (κ2) is 6.24. The van der Waals surface area contributed by atoms with Crippen LogP contribution in [0.15, 0.2) is 48.5 Å². The predicted octanol–water partition coefficient (Wildman–Crippen LogP) is 2.97. The molecule has 0 saturated heterocycles. The van der Waals surface area contributed by atoms with Gasteiger partial charge in [0.1, 0.15) is 11.6 Å². The average Bonchev–Trinajstić information content (AvgIpc) is 2.53. The highest BCUT2D eigenvalue weighted by Gasteiger charge is 2.21. The summed E-state index contributed by atoms with van der Waals surface area (Å²) in [5.41, 5.74) is 1.83. The molecule has 2 atom stereocenters. The van der Waals surface area contributed by atoms with Gasteiger partial charge in [0.2, 0.25) is 0 Å². The van der Waals surface area contributed by atoms with Crippen molar-refractivity contribution in [3.8, 4) is 5.75 Å². The molecule has 0 fully saturated rings. The molecule has 2 aromatic rings. The Morgan fingerprint density at radius 2 is 1.95 bits per heavy atom. The zero-order valence-corrected chi connectivity index (χ0v) is 11.6. The third kappa shape index (κ3) is 3.23. The summed E-state index contributed by atoms with van der Waals surface area (Å²) in [5.74, 6) is 0.606. The van der Waals surface area contributed by atoms with Crippen molar-refractivity contribution in [2.24, 2.45) is 0 Å². The molecule has 0 saturated carbocycles. The van der Waals surface area contributed by atoms with Gasteiger partial charge in [0.05, 0.1) is 12.7 Å². The molecule has 0 radical (unpaired) electrons. The SMILES string of the molecule is OC(CNC1CCOc2ccccc21)c1ccc(F)cc1. The summed E-state index contributed by atoms with van der Waals surface area (Å²) in [4.78, 5) is 0. The topological polar surface area (TPSA) is 41.5 Å². The van der Waals surface area contributed by atoms with Gasteiger partial charge >= 0.3 is 0 Å². The zero-order chi connectivity index (χ0) is 14.7. The van der Waals surface area contributed by atoms with Crippen molar-refractivity contribution in [3.63, 3.8) is 0 Å². The molecule has 1 aliphatic rings. The van der Waals surface area contributed by atoms with Crippen molar-refractivity contribution < 1.29 is 14.2 Å². The Balaban J connectivity index is 1.64. The summed E-state index contributed by atoms with van der Waals surface area (Å²) in [6.07, 6.45) is 0.216. The van der Waals surface area contributed by atoms with Crippen molar-refractivity contribution in [1.82, 2.24) is 5.32 Å². The monoisotopic (exact) mass is 287 g/mol. The van der Waals surface area contributed by atoms with Gasteiger partial charge in [-0.2, -0.15) is 0 Å². The highest BCUT2D eigenvalue weighted by Crippen LogP contribution is 2.31. The molecular weight excluding hydrogens is 269 g/mol. The number of nitrogens with one attached hydrogen (secondary N) is 1.